The van der Waals surface area contributed by atoms with E-state index in [0.717, 1.165) is 0 Å². The molecule has 0 unspecified atom stereocenters. The highest BCUT2D eigenvalue weighted by Crippen LogP contribution is 2.29. The van der Waals surface area contributed by atoms with Crippen molar-refractivity contribution in [3.05, 3.63) is 40.9 Å². The van der Waals surface area contributed by atoms with Gasteiger partial charge in [0.15, 0.2) is 0 Å². The number of para-hydroxylation sites is 1. The number of halogens is 2. The molecule has 24 heavy (non-hydrogen) atoms. The van der Waals surface area contributed by atoms with Crippen LogP contribution in [0.4, 0.5) is 5.69 Å². The molecule has 0 aliphatic carbocycles. The summed E-state index contributed by atoms with van der Waals surface area (Å²) in [5, 5.41) is 7.27. The van der Waals surface area contributed by atoms with Crippen molar-refractivity contribution in [3.8, 4) is 0 Å². The first-order chi connectivity index (χ1) is 11.5. The molecule has 2 rings (SSSR count). The van der Waals surface area contributed by atoms with Crippen molar-refractivity contribution in [2.24, 2.45) is 0 Å². The lowest BCUT2D eigenvalue weighted by atomic mass is 10.3. The Bertz CT molecular complexity index is 686. The number of benzene rings is 1. The predicted octanol–water partition coefficient (Wildman–Crippen LogP) is 2.46. The molecule has 0 fully saturated rings. The molecule has 0 saturated heterocycles. The van der Waals surface area contributed by atoms with Crippen LogP contribution in [0.15, 0.2) is 30.9 Å². The summed E-state index contributed by atoms with van der Waals surface area (Å²) in [7, 11) is 0. The zero-order chi connectivity index (χ0) is 17.5. The molecule has 7 nitrogen and oxygen atoms in total. The minimum absolute atomic E-state index is 0.0752. The van der Waals surface area contributed by atoms with Crippen LogP contribution >= 0.6 is 23.2 Å². The topological polar surface area (TPSA) is 80.1 Å². The van der Waals surface area contributed by atoms with Gasteiger partial charge in [0, 0.05) is 13.0 Å². The number of hydrogen-bond donors (Lipinski definition) is 1. The van der Waals surface area contributed by atoms with Crippen LogP contribution in [0.2, 0.25) is 10.0 Å². The van der Waals surface area contributed by atoms with Crippen molar-refractivity contribution in [1.29, 1.82) is 0 Å². The van der Waals surface area contributed by atoms with Gasteiger partial charge in [-0.25, -0.2) is 4.98 Å². The Labute approximate surface area is 149 Å². The van der Waals surface area contributed by atoms with Crippen molar-refractivity contribution in [3.63, 3.8) is 0 Å². The van der Waals surface area contributed by atoms with Gasteiger partial charge in [-0.15, -0.1) is 0 Å². The van der Waals surface area contributed by atoms with Crippen molar-refractivity contribution >= 4 is 40.7 Å². The molecule has 0 atom stereocenters. The third-order valence-electron chi connectivity index (χ3n) is 3.32. The average molecular weight is 370 g/mol. The van der Waals surface area contributed by atoms with Gasteiger partial charge in [0.1, 0.15) is 12.7 Å². The number of amides is 2. The number of nitrogens with one attached hydrogen (secondary N) is 1. The summed E-state index contributed by atoms with van der Waals surface area (Å²) >= 11 is 12.0. The molecule has 9 heteroatoms. The SMILES string of the molecule is CCN(CC(=O)Nc1c(Cl)cccc1Cl)C(=O)CCn1cncn1. The van der Waals surface area contributed by atoms with Gasteiger partial charge >= 0.3 is 0 Å². The first kappa shape index (κ1) is 18.2. The molecule has 1 N–H and O–H groups in total. The van der Waals surface area contributed by atoms with Gasteiger partial charge in [0.25, 0.3) is 0 Å². The Hall–Kier alpha value is -2.12. The second kappa shape index (κ2) is 8.65. The second-order valence-electron chi connectivity index (χ2n) is 4.96. The first-order valence-corrected chi connectivity index (χ1v) is 8.11. The average Bonchev–Trinajstić information content (AvgIpc) is 3.07. The lowest BCUT2D eigenvalue weighted by Gasteiger charge is -2.20. The van der Waals surface area contributed by atoms with Crippen molar-refractivity contribution < 1.29 is 9.59 Å². The minimum Gasteiger partial charge on any atom is -0.334 e. The van der Waals surface area contributed by atoms with E-state index >= 15 is 0 Å². The van der Waals surface area contributed by atoms with Gasteiger partial charge in [-0.1, -0.05) is 29.3 Å². The molecule has 1 aromatic carbocycles. The summed E-state index contributed by atoms with van der Waals surface area (Å²) in [6.45, 7) is 2.56. The summed E-state index contributed by atoms with van der Waals surface area (Å²) in [5.41, 5.74) is 0.344. The largest absolute Gasteiger partial charge is 0.334 e. The molecule has 0 radical (unpaired) electrons. The molecule has 0 bridgehead atoms. The van der Waals surface area contributed by atoms with Gasteiger partial charge < -0.3 is 10.2 Å². The van der Waals surface area contributed by atoms with Crippen molar-refractivity contribution in [1.82, 2.24) is 19.7 Å². The Morgan fingerprint density at radius 2 is 2.00 bits per heavy atom. The molecule has 0 aliphatic heterocycles. The van der Waals surface area contributed by atoms with Gasteiger partial charge in [-0.2, -0.15) is 5.10 Å². The van der Waals surface area contributed by atoms with Crippen LogP contribution in [0.3, 0.4) is 0 Å². The number of aromatic nitrogens is 3. The van der Waals surface area contributed by atoms with E-state index in [2.05, 4.69) is 15.4 Å². The highest BCUT2D eigenvalue weighted by Gasteiger charge is 2.17. The van der Waals surface area contributed by atoms with Crippen LogP contribution in [-0.4, -0.2) is 44.6 Å². The number of carbonyl (C=O) groups excluding carboxylic acids is 2. The maximum atomic E-state index is 12.2. The summed E-state index contributed by atoms with van der Waals surface area (Å²) < 4.78 is 1.56. The highest BCUT2D eigenvalue weighted by atomic mass is 35.5. The van der Waals surface area contributed by atoms with E-state index in [1.807, 2.05) is 6.92 Å². The number of hydrogen-bond acceptors (Lipinski definition) is 4. The molecule has 1 heterocycles. The smallest absolute Gasteiger partial charge is 0.244 e. The summed E-state index contributed by atoms with van der Waals surface area (Å²) in [5.74, 6) is -0.505. The summed E-state index contributed by atoms with van der Waals surface area (Å²) in [6.07, 6.45) is 3.18. The van der Waals surface area contributed by atoms with Gasteiger partial charge in [-0.05, 0) is 19.1 Å². The van der Waals surface area contributed by atoms with Crippen LogP contribution in [0, 0.1) is 0 Å². The van der Waals surface area contributed by atoms with Gasteiger partial charge in [0.05, 0.1) is 28.8 Å². The van der Waals surface area contributed by atoms with Crippen LogP contribution < -0.4 is 5.32 Å². The summed E-state index contributed by atoms with van der Waals surface area (Å²) in [6, 6.07) is 4.94. The zero-order valence-corrected chi connectivity index (χ0v) is 14.6. The number of anilines is 1. The van der Waals surface area contributed by atoms with Crippen molar-refractivity contribution in [2.75, 3.05) is 18.4 Å². The first-order valence-electron chi connectivity index (χ1n) is 7.35. The van der Waals surface area contributed by atoms with E-state index < -0.39 is 0 Å². The molecule has 1 aromatic heterocycles. The fourth-order valence-corrected chi connectivity index (χ4v) is 2.55. The lowest BCUT2D eigenvalue weighted by molar-refractivity contribution is -0.134. The van der Waals surface area contributed by atoms with Gasteiger partial charge in [0.2, 0.25) is 11.8 Å². The quantitative estimate of drug-likeness (QED) is 0.812. The van der Waals surface area contributed by atoms with Crippen LogP contribution in [0.25, 0.3) is 0 Å². The lowest BCUT2D eigenvalue weighted by Crippen LogP contribution is -2.38. The fourth-order valence-electron chi connectivity index (χ4n) is 2.06. The second-order valence-corrected chi connectivity index (χ2v) is 5.78. The third-order valence-corrected chi connectivity index (χ3v) is 3.95. The number of aryl methyl sites for hydroxylation is 1. The molecule has 0 spiro atoms. The van der Waals surface area contributed by atoms with Crippen molar-refractivity contribution in [2.45, 2.75) is 19.9 Å². The number of nitrogens with zero attached hydrogens (tertiary/aromatic N) is 4. The highest BCUT2D eigenvalue weighted by molar-refractivity contribution is 6.39. The molecule has 2 aromatic rings. The number of likely N-dealkylation sites (N-methyl/N-ethyl adjacent to an activating group) is 1. The fraction of sp³-hybridized carbons (Fsp3) is 0.333. The minimum atomic E-state index is -0.360. The molecule has 0 aliphatic rings. The Balaban J connectivity index is 1.91. The molecule has 2 amide bonds. The molecule has 0 saturated carbocycles. The van der Waals surface area contributed by atoms with E-state index in [-0.39, 0.29) is 24.8 Å². The van der Waals surface area contributed by atoms with E-state index in [1.54, 1.807) is 22.9 Å². The predicted molar refractivity (Wildman–Crippen MR) is 92.0 cm³/mol. The number of rotatable bonds is 7. The number of carbonyl (C=O) groups is 2. The Morgan fingerprint density at radius 1 is 1.29 bits per heavy atom. The van der Waals surface area contributed by atoms with Gasteiger partial charge in [-0.3, -0.25) is 14.3 Å². The van der Waals surface area contributed by atoms with Crippen LogP contribution in [0.5, 0.6) is 0 Å². The van der Waals surface area contributed by atoms with Crippen LogP contribution in [-0.2, 0) is 16.1 Å². The monoisotopic (exact) mass is 369 g/mol. The Morgan fingerprint density at radius 3 is 2.58 bits per heavy atom. The van der Waals surface area contributed by atoms with Crippen LogP contribution in [0.1, 0.15) is 13.3 Å². The summed E-state index contributed by atoms with van der Waals surface area (Å²) in [4.78, 5) is 29.7. The van der Waals surface area contributed by atoms with E-state index in [1.165, 1.54) is 17.6 Å². The van der Waals surface area contributed by atoms with E-state index in [4.69, 9.17) is 23.2 Å². The standard InChI is InChI=1S/C15H17Cl2N5O2/c1-2-21(14(24)6-7-22-10-18-9-19-22)8-13(23)20-15-11(16)4-3-5-12(15)17/h3-5,9-10H,2,6-8H2,1H3,(H,20,23). The van der Waals surface area contributed by atoms with E-state index in [9.17, 15) is 9.59 Å². The third kappa shape index (κ3) is 4.94. The Kier molecular flexibility index (Phi) is 6.57. The molecule has 128 valence electrons. The maximum absolute atomic E-state index is 12.2. The zero-order valence-electron chi connectivity index (χ0n) is 13.1. The normalized spacial score (nSPS) is 10.5. The van der Waals surface area contributed by atoms with E-state index in [0.29, 0.717) is 28.8 Å². The molecular weight excluding hydrogens is 353 g/mol. The molecular formula is C15H17Cl2N5O2. The maximum Gasteiger partial charge on any atom is 0.244 e.